The number of para-hydroxylation sites is 2. The van der Waals surface area contributed by atoms with Gasteiger partial charge in [-0.15, -0.1) is 0 Å². The second-order valence-electron chi connectivity index (χ2n) is 6.53. The molecule has 0 unspecified atom stereocenters. The first-order valence-corrected chi connectivity index (χ1v) is 10.5. The van der Waals surface area contributed by atoms with Crippen molar-refractivity contribution in [3.8, 4) is 5.75 Å². The number of carbonyl (C=O) groups is 1. The van der Waals surface area contributed by atoms with E-state index in [0.717, 1.165) is 12.8 Å². The van der Waals surface area contributed by atoms with Gasteiger partial charge in [0.1, 0.15) is 5.75 Å². The molecule has 27 heavy (non-hydrogen) atoms. The molecule has 1 aliphatic heterocycles. The maximum atomic E-state index is 13.0. The monoisotopic (exact) mass is 388 g/mol. The highest BCUT2D eigenvalue weighted by atomic mass is 32.2. The highest BCUT2D eigenvalue weighted by molar-refractivity contribution is 7.89. The summed E-state index contributed by atoms with van der Waals surface area (Å²) in [6, 6.07) is 15.2. The van der Waals surface area contributed by atoms with Crippen LogP contribution in [0.4, 0.5) is 5.69 Å². The van der Waals surface area contributed by atoms with E-state index in [9.17, 15) is 13.2 Å². The van der Waals surface area contributed by atoms with E-state index in [0.29, 0.717) is 24.4 Å². The van der Waals surface area contributed by atoms with E-state index in [4.69, 9.17) is 4.74 Å². The Hall–Kier alpha value is -2.38. The van der Waals surface area contributed by atoms with Crippen LogP contribution in [-0.4, -0.2) is 38.3 Å². The van der Waals surface area contributed by atoms with Gasteiger partial charge in [-0.2, -0.15) is 4.31 Å². The molecule has 0 spiro atoms. The van der Waals surface area contributed by atoms with Crippen LogP contribution in [-0.2, 0) is 14.8 Å². The predicted octanol–water partition coefficient (Wildman–Crippen LogP) is 3.27. The van der Waals surface area contributed by atoms with Gasteiger partial charge in [-0.1, -0.05) is 36.8 Å². The van der Waals surface area contributed by atoms with Crippen LogP contribution in [0.1, 0.15) is 25.7 Å². The zero-order chi connectivity index (χ0) is 19.3. The Morgan fingerprint density at radius 3 is 2.56 bits per heavy atom. The summed E-state index contributed by atoms with van der Waals surface area (Å²) in [7, 11) is -2.07. The molecule has 1 saturated heterocycles. The van der Waals surface area contributed by atoms with Gasteiger partial charge < -0.3 is 10.1 Å². The number of hydrogen-bond donors (Lipinski definition) is 1. The highest BCUT2D eigenvalue weighted by Gasteiger charge is 2.34. The van der Waals surface area contributed by atoms with Crippen molar-refractivity contribution in [2.24, 2.45) is 0 Å². The number of hydrogen-bond acceptors (Lipinski definition) is 4. The number of rotatable bonds is 6. The van der Waals surface area contributed by atoms with Crippen molar-refractivity contribution in [2.75, 3.05) is 19.0 Å². The number of piperidine rings is 1. The Labute approximate surface area is 160 Å². The van der Waals surface area contributed by atoms with Crippen molar-refractivity contribution in [1.29, 1.82) is 0 Å². The van der Waals surface area contributed by atoms with E-state index in [2.05, 4.69) is 5.32 Å². The number of amides is 1. The molecule has 1 heterocycles. The van der Waals surface area contributed by atoms with Crippen molar-refractivity contribution in [1.82, 2.24) is 4.31 Å². The third kappa shape index (κ3) is 4.48. The SMILES string of the molecule is COc1ccccc1NC(=O)C[C@H]1CCCCN1S(=O)(=O)c1ccccc1. The van der Waals surface area contributed by atoms with E-state index in [1.165, 1.54) is 4.31 Å². The van der Waals surface area contributed by atoms with Gasteiger partial charge in [-0.25, -0.2) is 8.42 Å². The highest BCUT2D eigenvalue weighted by Crippen LogP contribution is 2.28. The van der Waals surface area contributed by atoms with Crippen LogP contribution in [0.25, 0.3) is 0 Å². The predicted molar refractivity (Wildman–Crippen MR) is 104 cm³/mol. The second-order valence-corrected chi connectivity index (χ2v) is 8.42. The number of nitrogens with zero attached hydrogens (tertiary/aromatic N) is 1. The van der Waals surface area contributed by atoms with E-state index >= 15 is 0 Å². The standard InChI is InChI=1S/C20H24N2O4S/c1-26-19-13-6-5-12-18(19)21-20(23)15-16-9-7-8-14-22(16)27(24,25)17-10-3-2-4-11-17/h2-6,10-13,16H,7-9,14-15H2,1H3,(H,21,23)/t16-/m1/s1. The van der Waals surface area contributed by atoms with E-state index in [1.54, 1.807) is 49.6 Å². The molecule has 1 amide bonds. The van der Waals surface area contributed by atoms with Gasteiger partial charge in [0.15, 0.2) is 0 Å². The summed E-state index contributed by atoms with van der Waals surface area (Å²) < 4.78 is 32.8. The number of benzene rings is 2. The van der Waals surface area contributed by atoms with Crippen molar-refractivity contribution in [3.63, 3.8) is 0 Å². The Kier molecular flexibility index (Phi) is 6.13. The van der Waals surface area contributed by atoms with Crippen molar-refractivity contribution < 1.29 is 17.9 Å². The van der Waals surface area contributed by atoms with Gasteiger partial charge in [0, 0.05) is 19.0 Å². The fourth-order valence-electron chi connectivity index (χ4n) is 3.39. The fraction of sp³-hybridized carbons (Fsp3) is 0.350. The molecule has 144 valence electrons. The Bertz CT molecular complexity index is 884. The molecule has 3 rings (SSSR count). The van der Waals surface area contributed by atoms with Gasteiger partial charge in [-0.3, -0.25) is 4.79 Å². The van der Waals surface area contributed by atoms with Crippen LogP contribution in [0, 0.1) is 0 Å². The molecule has 1 N–H and O–H groups in total. The van der Waals surface area contributed by atoms with Gasteiger partial charge in [-0.05, 0) is 37.1 Å². The molecule has 1 fully saturated rings. The van der Waals surface area contributed by atoms with Crippen LogP contribution < -0.4 is 10.1 Å². The zero-order valence-electron chi connectivity index (χ0n) is 15.3. The molecule has 1 atom stereocenters. The Morgan fingerprint density at radius 2 is 1.81 bits per heavy atom. The van der Waals surface area contributed by atoms with Crippen LogP contribution in [0.3, 0.4) is 0 Å². The van der Waals surface area contributed by atoms with Crippen molar-refractivity contribution in [2.45, 2.75) is 36.6 Å². The maximum absolute atomic E-state index is 13.0. The van der Waals surface area contributed by atoms with E-state index < -0.39 is 10.0 Å². The molecule has 0 bridgehead atoms. The average Bonchev–Trinajstić information content (AvgIpc) is 2.69. The number of nitrogens with one attached hydrogen (secondary N) is 1. The third-order valence-electron chi connectivity index (χ3n) is 4.72. The molecule has 0 aliphatic carbocycles. The smallest absolute Gasteiger partial charge is 0.243 e. The van der Waals surface area contributed by atoms with Gasteiger partial charge >= 0.3 is 0 Å². The molecular formula is C20H24N2O4S. The van der Waals surface area contributed by atoms with Gasteiger partial charge in [0.05, 0.1) is 17.7 Å². The number of sulfonamides is 1. The maximum Gasteiger partial charge on any atom is 0.243 e. The van der Waals surface area contributed by atoms with Gasteiger partial charge in [0.25, 0.3) is 0 Å². The molecule has 0 aromatic heterocycles. The lowest BCUT2D eigenvalue weighted by molar-refractivity contribution is -0.117. The summed E-state index contributed by atoms with van der Waals surface area (Å²) in [5.41, 5.74) is 0.582. The van der Waals surface area contributed by atoms with Crippen molar-refractivity contribution in [3.05, 3.63) is 54.6 Å². The van der Waals surface area contributed by atoms with Crippen LogP contribution >= 0.6 is 0 Å². The molecule has 6 nitrogen and oxygen atoms in total. The fourth-order valence-corrected chi connectivity index (χ4v) is 5.10. The third-order valence-corrected chi connectivity index (χ3v) is 6.69. The summed E-state index contributed by atoms with van der Waals surface area (Å²) in [6.45, 7) is 0.434. The summed E-state index contributed by atoms with van der Waals surface area (Å²) in [5.74, 6) is 0.350. The lowest BCUT2D eigenvalue weighted by Gasteiger charge is -2.34. The summed E-state index contributed by atoms with van der Waals surface area (Å²) in [6.07, 6.45) is 2.50. The van der Waals surface area contributed by atoms with Crippen LogP contribution in [0.2, 0.25) is 0 Å². The lowest BCUT2D eigenvalue weighted by atomic mass is 10.0. The Morgan fingerprint density at radius 1 is 1.11 bits per heavy atom. The molecule has 0 radical (unpaired) electrons. The molecule has 2 aromatic rings. The molecule has 1 aliphatic rings. The number of carbonyl (C=O) groups excluding carboxylic acids is 1. The topological polar surface area (TPSA) is 75.7 Å². The molecule has 2 aromatic carbocycles. The van der Waals surface area contributed by atoms with E-state index in [-0.39, 0.29) is 23.3 Å². The van der Waals surface area contributed by atoms with Crippen LogP contribution in [0.5, 0.6) is 5.75 Å². The minimum absolute atomic E-state index is 0.115. The average molecular weight is 388 g/mol. The lowest BCUT2D eigenvalue weighted by Crippen LogP contribution is -2.45. The largest absolute Gasteiger partial charge is 0.495 e. The van der Waals surface area contributed by atoms with Crippen LogP contribution in [0.15, 0.2) is 59.5 Å². The normalized spacial score (nSPS) is 18.0. The number of anilines is 1. The first-order valence-electron chi connectivity index (χ1n) is 9.02. The summed E-state index contributed by atoms with van der Waals surface area (Å²) >= 11 is 0. The minimum Gasteiger partial charge on any atom is -0.495 e. The second kappa shape index (κ2) is 8.54. The van der Waals surface area contributed by atoms with E-state index in [1.807, 2.05) is 12.1 Å². The summed E-state index contributed by atoms with van der Waals surface area (Å²) in [4.78, 5) is 12.8. The first-order chi connectivity index (χ1) is 13.0. The zero-order valence-corrected chi connectivity index (χ0v) is 16.1. The van der Waals surface area contributed by atoms with Gasteiger partial charge in [0.2, 0.25) is 15.9 Å². The number of methoxy groups -OCH3 is 1. The first kappa shape index (κ1) is 19.4. The molecular weight excluding hydrogens is 364 g/mol. The minimum atomic E-state index is -3.61. The molecule has 0 saturated carbocycles. The number of ether oxygens (including phenoxy) is 1. The summed E-state index contributed by atoms with van der Waals surface area (Å²) in [5, 5.41) is 2.84. The quantitative estimate of drug-likeness (QED) is 0.824. The molecule has 7 heteroatoms. The van der Waals surface area contributed by atoms with Crippen molar-refractivity contribution >= 4 is 21.6 Å². The Balaban J connectivity index is 1.75.